The van der Waals surface area contributed by atoms with Gasteiger partial charge in [0.15, 0.2) is 0 Å². The van der Waals surface area contributed by atoms with Crippen LogP contribution in [-0.4, -0.2) is 59.4 Å². The van der Waals surface area contributed by atoms with Gasteiger partial charge in [-0.25, -0.2) is 9.97 Å². The molecule has 0 N–H and O–H groups in total. The minimum Gasteiger partial charge on any atom is -0.399 e. The predicted octanol–water partition coefficient (Wildman–Crippen LogP) is 2.10. The molecule has 1 aromatic heterocycles. The molecule has 2 fully saturated rings. The van der Waals surface area contributed by atoms with E-state index in [9.17, 15) is 0 Å². The highest BCUT2D eigenvalue weighted by atomic mass is 16.7. The summed E-state index contributed by atoms with van der Waals surface area (Å²) in [5.74, 6) is 0.819. The van der Waals surface area contributed by atoms with Crippen LogP contribution in [0.15, 0.2) is 42.7 Å². The van der Waals surface area contributed by atoms with E-state index in [1.807, 2.05) is 6.07 Å². The number of piperazine rings is 1. The van der Waals surface area contributed by atoms with E-state index in [4.69, 9.17) is 9.31 Å². The molecule has 0 unspecified atom stereocenters. The molecule has 0 spiro atoms. The molecule has 0 saturated carbocycles. The van der Waals surface area contributed by atoms with E-state index in [0.717, 1.165) is 44.1 Å². The summed E-state index contributed by atoms with van der Waals surface area (Å²) in [6.07, 6.45) is 3.60. The van der Waals surface area contributed by atoms with Gasteiger partial charge in [-0.1, -0.05) is 24.3 Å². The van der Waals surface area contributed by atoms with Crippen molar-refractivity contribution in [2.75, 3.05) is 31.1 Å². The molecule has 0 atom stereocenters. The second-order valence-corrected chi connectivity index (χ2v) is 8.60. The summed E-state index contributed by atoms with van der Waals surface area (Å²) < 4.78 is 12.6. The van der Waals surface area contributed by atoms with Crippen molar-refractivity contribution in [1.82, 2.24) is 14.9 Å². The maximum atomic E-state index is 6.29. The summed E-state index contributed by atoms with van der Waals surface area (Å²) in [6, 6.07) is 10.3. The van der Waals surface area contributed by atoms with Crippen molar-refractivity contribution >= 4 is 18.5 Å². The summed E-state index contributed by atoms with van der Waals surface area (Å²) in [5.41, 5.74) is 1.75. The van der Waals surface area contributed by atoms with Gasteiger partial charge in [0.2, 0.25) is 5.95 Å². The fourth-order valence-electron chi connectivity index (χ4n) is 3.68. The lowest BCUT2D eigenvalue weighted by molar-refractivity contribution is 0.00578. The Hall–Kier alpha value is -1.96. The van der Waals surface area contributed by atoms with Crippen LogP contribution in [0.2, 0.25) is 0 Å². The lowest BCUT2D eigenvalue weighted by atomic mass is 9.76. The first-order chi connectivity index (χ1) is 13.4. The van der Waals surface area contributed by atoms with Crippen molar-refractivity contribution in [2.45, 2.75) is 45.4 Å². The number of nitrogens with zero attached hydrogens (tertiary/aromatic N) is 4. The number of anilines is 1. The summed E-state index contributed by atoms with van der Waals surface area (Å²) in [4.78, 5) is 13.5. The molecule has 6 nitrogen and oxygen atoms in total. The molecule has 3 heterocycles. The maximum Gasteiger partial charge on any atom is 0.495 e. The highest BCUT2D eigenvalue weighted by Crippen LogP contribution is 2.36. The van der Waals surface area contributed by atoms with E-state index >= 15 is 0 Å². The molecule has 28 heavy (non-hydrogen) atoms. The van der Waals surface area contributed by atoms with Crippen molar-refractivity contribution < 1.29 is 9.31 Å². The number of aromatic nitrogens is 2. The Balaban J connectivity index is 1.43. The van der Waals surface area contributed by atoms with Gasteiger partial charge in [0.05, 0.1) is 11.2 Å². The molecule has 4 rings (SSSR count). The van der Waals surface area contributed by atoms with Gasteiger partial charge in [0, 0.05) is 45.1 Å². The third-order valence-corrected chi connectivity index (χ3v) is 6.16. The van der Waals surface area contributed by atoms with E-state index < -0.39 is 0 Å². The van der Waals surface area contributed by atoms with Gasteiger partial charge in [-0.3, -0.25) is 4.90 Å². The zero-order valence-electron chi connectivity index (χ0n) is 17.3. The molecule has 7 heteroatoms. The van der Waals surface area contributed by atoms with Gasteiger partial charge in [-0.05, 0) is 44.8 Å². The van der Waals surface area contributed by atoms with Crippen LogP contribution < -0.4 is 10.4 Å². The van der Waals surface area contributed by atoms with Gasteiger partial charge < -0.3 is 14.2 Å². The van der Waals surface area contributed by atoms with Crippen LogP contribution in [0.1, 0.15) is 33.3 Å². The van der Waals surface area contributed by atoms with Gasteiger partial charge in [-0.2, -0.15) is 0 Å². The molecule has 0 bridgehead atoms. The van der Waals surface area contributed by atoms with Crippen LogP contribution in [0, 0.1) is 0 Å². The van der Waals surface area contributed by atoms with E-state index in [0.29, 0.717) is 0 Å². The molecule has 0 radical (unpaired) electrons. The molecule has 0 amide bonds. The number of hydrogen-bond donors (Lipinski definition) is 0. The zero-order valence-corrected chi connectivity index (χ0v) is 17.3. The highest BCUT2D eigenvalue weighted by molar-refractivity contribution is 6.62. The predicted molar refractivity (Wildman–Crippen MR) is 112 cm³/mol. The van der Waals surface area contributed by atoms with Crippen molar-refractivity contribution in [3.8, 4) is 0 Å². The van der Waals surface area contributed by atoms with Gasteiger partial charge >= 0.3 is 7.12 Å². The van der Waals surface area contributed by atoms with Gasteiger partial charge in [-0.15, -0.1) is 0 Å². The average molecular weight is 380 g/mol. The van der Waals surface area contributed by atoms with Crippen molar-refractivity contribution in [2.24, 2.45) is 0 Å². The van der Waals surface area contributed by atoms with E-state index in [1.54, 1.807) is 12.4 Å². The molecule has 2 saturated heterocycles. The topological polar surface area (TPSA) is 50.7 Å². The SMILES string of the molecule is CC1(C)OB(c2ccccc2CN2CCN(c3ncccn3)CC2)OC1(C)C. The fraction of sp³-hybridized carbons (Fsp3) is 0.524. The lowest BCUT2D eigenvalue weighted by Gasteiger charge is -2.35. The second kappa shape index (κ2) is 7.46. The molecule has 0 aliphatic carbocycles. The van der Waals surface area contributed by atoms with Crippen LogP contribution in [0.3, 0.4) is 0 Å². The Kier molecular flexibility index (Phi) is 5.16. The summed E-state index contributed by atoms with van der Waals surface area (Å²) >= 11 is 0. The Morgan fingerprint density at radius 3 is 2.14 bits per heavy atom. The van der Waals surface area contributed by atoms with Crippen molar-refractivity contribution in [3.63, 3.8) is 0 Å². The maximum absolute atomic E-state index is 6.29. The standard InChI is InChI=1S/C21H29BN4O2/c1-20(2)21(3,4)28-22(27-20)18-9-6-5-8-17(18)16-25-12-14-26(15-13-25)19-23-10-7-11-24-19/h5-11H,12-16H2,1-4H3. The molecule has 1 aromatic carbocycles. The normalized spacial score (nSPS) is 21.9. The molecular weight excluding hydrogens is 351 g/mol. The van der Waals surface area contributed by atoms with Crippen LogP contribution in [0.25, 0.3) is 0 Å². The van der Waals surface area contributed by atoms with Crippen molar-refractivity contribution in [1.29, 1.82) is 0 Å². The monoisotopic (exact) mass is 380 g/mol. The minimum atomic E-state index is -0.327. The first kappa shape index (κ1) is 19.4. The third-order valence-electron chi connectivity index (χ3n) is 6.16. The van der Waals surface area contributed by atoms with Crippen molar-refractivity contribution in [3.05, 3.63) is 48.3 Å². The average Bonchev–Trinajstić information content (AvgIpc) is 2.91. The molecular formula is C21H29BN4O2. The van der Waals surface area contributed by atoms with Crippen LogP contribution >= 0.6 is 0 Å². The molecule has 2 aliphatic rings. The Morgan fingerprint density at radius 2 is 1.50 bits per heavy atom. The van der Waals surface area contributed by atoms with Gasteiger partial charge in [0.25, 0.3) is 0 Å². The third kappa shape index (κ3) is 3.79. The lowest BCUT2D eigenvalue weighted by Crippen LogP contribution is -2.47. The van der Waals surface area contributed by atoms with E-state index in [-0.39, 0.29) is 18.3 Å². The first-order valence-electron chi connectivity index (χ1n) is 10.0. The number of rotatable bonds is 4. The molecule has 2 aliphatic heterocycles. The largest absolute Gasteiger partial charge is 0.495 e. The zero-order chi connectivity index (χ0) is 19.8. The highest BCUT2D eigenvalue weighted by Gasteiger charge is 2.52. The van der Waals surface area contributed by atoms with Crippen LogP contribution in [0.4, 0.5) is 5.95 Å². The first-order valence-corrected chi connectivity index (χ1v) is 10.0. The van der Waals surface area contributed by atoms with Gasteiger partial charge in [0.1, 0.15) is 0 Å². The summed E-state index contributed by atoms with van der Waals surface area (Å²) in [6.45, 7) is 13.1. The molecule has 148 valence electrons. The Bertz CT molecular complexity index is 791. The fourth-order valence-corrected chi connectivity index (χ4v) is 3.68. The van der Waals surface area contributed by atoms with Crippen LogP contribution in [0.5, 0.6) is 0 Å². The smallest absolute Gasteiger partial charge is 0.399 e. The molecule has 2 aromatic rings. The quantitative estimate of drug-likeness (QED) is 0.758. The Labute approximate surface area is 168 Å². The summed E-state index contributed by atoms with van der Waals surface area (Å²) in [7, 11) is -0.319. The van der Waals surface area contributed by atoms with Crippen LogP contribution in [-0.2, 0) is 15.9 Å². The Morgan fingerprint density at radius 1 is 0.893 bits per heavy atom. The van der Waals surface area contributed by atoms with E-state index in [1.165, 1.54) is 5.56 Å². The number of hydrogen-bond acceptors (Lipinski definition) is 6. The second-order valence-electron chi connectivity index (χ2n) is 8.60. The number of benzene rings is 1. The summed E-state index contributed by atoms with van der Waals surface area (Å²) in [5, 5.41) is 0. The minimum absolute atomic E-state index is 0.319. The van der Waals surface area contributed by atoms with E-state index in [2.05, 4.69) is 71.7 Å².